The highest BCUT2D eigenvalue weighted by molar-refractivity contribution is 7.89. The zero-order valence-electron chi connectivity index (χ0n) is 16.0. The van der Waals surface area contributed by atoms with E-state index in [1.165, 1.54) is 0 Å². The summed E-state index contributed by atoms with van der Waals surface area (Å²) in [5.74, 6) is -0.0951. The molecule has 7 heteroatoms. The minimum atomic E-state index is -3.59. The van der Waals surface area contributed by atoms with Gasteiger partial charge in [-0.1, -0.05) is 24.6 Å². The van der Waals surface area contributed by atoms with Crippen molar-refractivity contribution < 1.29 is 13.2 Å². The number of amides is 1. The van der Waals surface area contributed by atoms with E-state index in [9.17, 15) is 13.2 Å². The molecule has 1 saturated heterocycles. The van der Waals surface area contributed by atoms with E-state index in [1.807, 2.05) is 13.0 Å². The smallest absolute Gasteiger partial charge is 0.240 e. The molecule has 1 fully saturated rings. The summed E-state index contributed by atoms with van der Waals surface area (Å²) >= 11 is 0. The van der Waals surface area contributed by atoms with Gasteiger partial charge in [-0.25, -0.2) is 13.1 Å². The van der Waals surface area contributed by atoms with Crippen LogP contribution in [0.4, 0.5) is 0 Å². The van der Waals surface area contributed by atoms with E-state index in [0.29, 0.717) is 5.56 Å². The highest BCUT2D eigenvalue weighted by Gasteiger charge is 2.21. The monoisotopic (exact) mass is 381 g/mol. The molecule has 1 heterocycles. The van der Waals surface area contributed by atoms with Gasteiger partial charge in [0.25, 0.3) is 0 Å². The maximum Gasteiger partial charge on any atom is 0.240 e. The third kappa shape index (κ3) is 6.07. The van der Waals surface area contributed by atoms with Crippen molar-refractivity contribution in [1.82, 2.24) is 14.9 Å². The quantitative estimate of drug-likeness (QED) is 0.722. The first kappa shape index (κ1) is 20.9. The number of hydrogen-bond donors (Lipinski definition) is 2. The molecule has 0 spiro atoms. The molecule has 26 heavy (non-hydrogen) atoms. The van der Waals surface area contributed by atoms with E-state index in [0.717, 1.165) is 44.5 Å². The molecule has 0 bridgehead atoms. The summed E-state index contributed by atoms with van der Waals surface area (Å²) in [6, 6.07) is 5.43. The molecular formula is C19H31N3O3S. The minimum absolute atomic E-state index is 0.0951. The largest absolute Gasteiger partial charge is 0.353 e. The van der Waals surface area contributed by atoms with Gasteiger partial charge in [-0.2, -0.15) is 0 Å². The Morgan fingerprint density at radius 3 is 2.54 bits per heavy atom. The number of benzene rings is 1. The number of rotatable bonds is 8. The van der Waals surface area contributed by atoms with Gasteiger partial charge in [0.2, 0.25) is 15.9 Å². The summed E-state index contributed by atoms with van der Waals surface area (Å²) in [7, 11) is -3.59. The van der Waals surface area contributed by atoms with Gasteiger partial charge >= 0.3 is 0 Å². The van der Waals surface area contributed by atoms with Gasteiger partial charge in [-0.15, -0.1) is 0 Å². The molecule has 1 aliphatic heterocycles. The average molecular weight is 382 g/mol. The first-order chi connectivity index (χ1) is 12.3. The lowest BCUT2D eigenvalue weighted by molar-refractivity contribution is -0.121. The fourth-order valence-electron chi connectivity index (χ4n) is 3.39. The molecule has 0 radical (unpaired) electrons. The van der Waals surface area contributed by atoms with Crippen molar-refractivity contribution in [2.24, 2.45) is 0 Å². The van der Waals surface area contributed by atoms with Crippen LogP contribution in [0.2, 0.25) is 0 Å². The predicted molar refractivity (Wildman–Crippen MR) is 104 cm³/mol. The molecule has 2 rings (SSSR count). The lowest BCUT2D eigenvalue weighted by atomic mass is 10.0. The molecule has 146 valence electrons. The van der Waals surface area contributed by atoms with E-state index >= 15 is 0 Å². The predicted octanol–water partition coefficient (Wildman–Crippen LogP) is 1.96. The number of nitrogens with zero attached hydrogens (tertiary/aromatic N) is 1. The lowest BCUT2D eigenvalue weighted by Gasteiger charge is -2.32. The third-order valence-corrected chi connectivity index (χ3v) is 6.38. The van der Waals surface area contributed by atoms with Crippen LogP contribution < -0.4 is 10.0 Å². The van der Waals surface area contributed by atoms with Gasteiger partial charge in [0, 0.05) is 32.1 Å². The highest BCUT2D eigenvalue weighted by atomic mass is 32.2. The molecule has 1 aromatic rings. The number of piperidine rings is 1. The molecule has 2 N–H and O–H groups in total. The Labute approximate surface area is 157 Å². The second-order valence-electron chi connectivity index (χ2n) is 7.10. The fraction of sp³-hybridized carbons (Fsp3) is 0.632. The van der Waals surface area contributed by atoms with Crippen molar-refractivity contribution in [3.05, 3.63) is 29.3 Å². The second-order valence-corrected chi connectivity index (χ2v) is 8.84. The molecule has 0 saturated carbocycles. The van der Waals surface area contributed by atoms with Gasteiger partial charge in [-0.05, 0) is 51.3 Å². The number of likely N-dealkylation sites (tertiary alicyclic amines) is 1. The van der Waals surface area contributed by atoms with Crippen LogP contribution in [-0.2, 0) is 14.8 Å². The van der Waals surface area contributed by atoms with Crippen molar-refractivity contribution in [1.29, 1.82) is 0 Å². The SMILES string of the molecule is CCCN1CCC(NC(=O)CCNS(=O)(=O)c2ccc(C)cc2C)CC1. The van der Waals surface area contributed by atoms with Crippen LogP contribution in [0.25, 0.3) is 0 Å². The van der Waals surface area contributed by atoms with Gasteiger partial charge < -0.3 is 10.2 Å². The summed E-state index contributed by atoms with van der Waals surface area (Å²) in [5.41, 5.74) is 1.73. The number of aryl methyl sites for hydroxylation is 2. The van der Waals surface area contributed by atoms with Crippen molar-refractivity contribution >= 4 is 15.9 Å². The minimum Gasteiger partial charge on any atom is -0.353 e. The Balaban J connectivity index is 1.76. The number of carbonyl (C=O) groups excluding carboxylic acids is 1. The summed E-state index contributed by atoms with van der Waals surface area (Å²) in [5, 5.41) is 3.03. The summed E-state index contributed by atoms with van der Waals surface area (Å²) in [4.78, 5) is 14.8. The van der Waals surface area contributed by atoms with Crippen LogP contribution in [0.3, 0.4) is 0 Å². The normalized spacial score (nSPS) is 16.6. The van der Waals surface area contributed by atoms with Crippen LogP contribution in [-0.4, -0.2) is 51.4 Å². The molecule has 6 nitrogen and oxygen atoms in total. The van der Waals surface area contributed by atoms with Crippen LogP contribution in [0.15, 0.2) is 23.1 Å². The first-order valence-corrected chi connectivity index (χ1v) is 10.9. The second kappa shape index (κ2) is 9.48. The van der Waals surface area contributed by atoms with Crippen LogP contribution in [0, 0.1) is 13.8 Å². The molecule has 1 amide bonds. The Kier molecular flexibility index (Phi) is 7.61. The van der Waals surface area contributed by atoms with Crippen LogP contribution >= 0.6 is 0 Å². The number of hydrogen-bond acceptors (Lipinski definition) is 4. The molecule has 1 aliphatic rings. The zero-order valence-corrected chi connectivity index (χ0v) is 16.9. The lowest BCUT2D eigenvalue weighted by Crippen LogP contribution is -2.45. The highest BCUT2D eigenvalue weighted by Crippen LogP contribution is 2.16. The zero-order chi connectivity index (χ0) is 19.2. The summed E-state index contributed by atoms with van der Waals surface area (Å²) in [6.07, 6.45) is 3.22. The Bertz CT molecular complexity index is 711. The van der Waals surface area contributed by atoms with Crippen molar-refractivity contribution in [2.45, 2.75) is 57.4 Å². The molecular weight excluding hydrogens is 350 g/mol. The van der Waals surface area contributed by atoms with E-state index < -0.39 is 10.0 Å². The topological polar surface area (TPSA) is 78.5 Å². The van der Waals surface area contributed by atoms with Crippen molar-refractivity contribution in [2.75, 3.05) is 26.2 Å². The fourth-order valence-corrected chi connectivity index (χ4v) is 4.65. The molecule has 1 aromatic carbocycles. The van der Waals surface area contributed by atoms with E-state index in [2.05, 4.69) is 21.9 Å². The Morgan fingerprint density at radius 1 is 1.23 bits per heavy atom. The van der Waals surface area contributed by atoms with Crippen LogP contribution in [0.1, 0.15) is 43.7 Å². The van der Waals surface area contributed by atoms with Gasteiger partial charge in [0.15, 0.2) is 0 Å². The van der Waals surface area contributed by atoms with E-state index in [1.54, 1.807) is 19.1 Å². The Morgan fingerprint density at radius 2 is 1.92 bits per heavy atom. The first-order valence-electron chi connectivity index (χ1n) is 9.40. The number of sulfonamides is 1. The van der Waals surface area contributed by atoms with Gasteiger partial charge in [-0.3, -0.25) is 4.79 Å². The van der Waals surface area contributed by atoms with Gasteiger partial charge in [0.05, 0.1) is 4.90 Å². The van der Waals surface area contributed by atoms with Gasteiger partial charge in [0.1, 0.15) is 0 Å². The Hall–Kier alpha value is -1.44. The van der Waals surface area contributed by atoms with E-state index in [-0.39, 0.29) is 29.8 Å². The van der Waals surface area contributed by atoms with Crippen LogP contribution in [0.5, 0.6) is 0 Å². The molecule has 0 unspecified atom stereocenters. The third-order valence-electron chi connectivity index (χ3n) is 4.76. The molecule has 0 atom stereocenters. The van der Waals surface area contributed by atoms with Crippen molar-refractivity contribution in [3.63, 3.8) is 0 Å². The van der Waals surface area contributed by atoms with Crippen molar-refractivity contribution in [3.8, 4) is 0 Å². The summed E-state index contributed by atoms with van der Waals surface area (Å²) < 4.78 is 27.3. The molecule has 0 aromatic heterocycles. The number of nitrogens with one attached hydrogen (secondary N) is 2. The average Bonchev–Trinajstić information content (AvgIpc) is 2.56. The van der Waals surface area contributed by atoms with E-state index in [4.69, 9.17) is 0 Å². The molecule has 0 aliphatic carbocycles. The standard InChI is InChI=1S/C19H31N3O3S/c1-4-11-22-12-8-17(9-13-22)21-19(23)7-10-20-26(24,25)18-6-5-15(2)14-16(18)3/h5-6,14,17,20H,4,7-13H2,1-3H3,(H,21,23). The summed E-state index contributed by atoms with van der Waals surface area (Å²) in [6.45, 7) is 9.12. The maximum atomic E-state index is 12.4. The maximum absolute atomic E-state index is 12.4. The number of carbonyl (C=O) groups is 1.